The molecule has 0 bridgehead atoms. The maximum atomic E-state index is 2.49. The van der Waals surface area contributed by atoms with Gasteiger partial charge in [0, 0.05) is 10.5 Å². The minimum Gasteiger partial charge on any atom is -0.279 e. The number of hydrogen-bond donors (Lipinski definition) is 0. The monoisotopic (exact) mass is 368 g/mol. The molecule has 0 saturated carbocycles. The molecule has 2 unspecified atom stereocenters. The highest BCUT2D eigenvalue weighted by Gasteiger charge is 2.41. The molecular formula is C24H34NS+. The first-order valence-corrected chi connectivity index (χ1v) is 10.7. The minimum absolute atomic E-state index is 0.158. The topological polar surface area (TPSA) is 0 Å². The van der Waals surface area contributed by atoms with Gasteiger partial charge in [-0.2, -0.15) is 0 Å². The number of para-hydroxylation sites is 1. The van der Waals surface area contributed by atoms with Crippen molar-refractivity contribution in [2.45, 2.75) is 70.2 Å². The molecule has 0 amide bonds. The normalized spacial score (nSPS) is 23.6. The number of benzene rings is 2. The Morgan fingerprint density at radius 2 is 1.54 bits per heavy atom. The summed E-state index contributed by atoms with van der Waals surface area (Å²) in [7, 11) is 2.39. The van der Waals surface area contributed by atoms with Crippen LogP contribution in [-0.2, 0) is 10.8 Å². The van der Waals surface area contributed by atoms with Crippen LogP contribution >= 0.6 is 11.8 Å². The third-order valence-corrected chi connectivity index (χ3v) is 7.33. The first kappa shape index (κ1) is 19.5. The molecule has 2 aromatic rings. The SMILES string of the molecule is CC1c2cc(C(C)(C)C)cc(C(C)(C)C)c2SC[N+]1(C)c1ccccc1. The maximum absolute atomic E-state index is 2.49. The second-order valence-electron chi connectivity index (χ2n) is 9.99. The lowest BCUT2D eigenvalue weighted by atomic mass is 9.78. The van der Waals surface area contributed by atoms with Crippen LogP contribution in [0.15, 0.2) is 47.4 Å². The number of thioether (sulfide) groups is 1. The number of rotatable bonds is 1. The largest absolute Gasteiger partial charge is 0.279 e. The first-order valence-electron chi connectivity index (χ1n) is 9.67. The van der Waals surface area contributed by atoms with Crippen LogP contribution in [0.1, 0.15) is 71.2 Å². The summed E-state index contributed by atoms with van der Waals surface area (Å²) in [4.78, 5) is 1.52. The molecule has 3 rings (SSSR count). The Balaban J connectivity index is 2.21. The lowest BCUT2D eigenvalue weighted by Crippen LogP contribution is -2.49. The van der Waals surface area contributed by atoms with Crippen LogP contribution in [0.2, 0.25) is 0 Å². The van der Waals surface area contributed by atoms with Crippen molar-refractivity contribution in [3.8, 4) is 0 Å². The summed E-state index contributed by atoms with van der Waals surface area (Å²) in [5.41, 5.74) is 6.20. The third kappa shape index (κ3) is 3.34. The summed E-state index contributed by atoms with van der Waals surface area (Å²) in [5, 5.41) is 0. The predicted molar refractivity (Wildman–Crippen MR) is 117 cm³/mol. The van der Waals surface area contributed by atoms with E-state index < -0.39 is 0 Å². The minimum atomic E-state index is 0.158. The van der Waals surface area contributed by atoms with E-state index in [1.54, 1.807) is 0 Å². The molecule has 2 heteroatoms. The summed E-state index contributed by atoms with van der Waals surface area (Å²) in [5.74, 6) is 1.08. The van der Waals surface area contributed by atoms with Crippen molar-refractivity contribution in [2.24, 2.45) is 0 Å². The summed E-state index contributed by atoms with van der Waals surface area (Å²) in [6, 6.07) is 16.4. The molecule has 0 fully saturated rings. The zero-order valence-corrected chi connectivity index (χ0v) is 18.5. The van der Waals surface area contributed by atoms with E-state index in [1.807, 2.05) is 11.8 Å². The molecule has 0 saturated heterocycles. The fourth-order valence-corrected chi connectivity index (χ4v) is 5.48. The Labute approximate surface area is 164 Å². The van der Waals surface area contributed by atoms with Gasteiger partial charge in [-0.3, -0.25) is 4.48 Å². The highest BCUT2D eigenvalue weighted by atomic mass is 32.2. The molecule has 0 aliphatic carbocycles. The van der Waals surface area contributed by atoms with E-state index in [-0.39, 0.29) is 10.8 Å². The molecule has 1 aliphatic heterocycles. The average molecular weight is 369 g/mol. The molecule has 2 atom stereocenters. The molecule has 0 N–H and O–H groups in total. The Kier molecular flexibility index (Phi) is 4.82. The van der Waals surface area contributed by atoms with Crippen LogP contribution in [-0.4, -0.2) is 12.9 Å². The molecule has 1 heterocycles. The number of hydrogen-bond acceptors (Lipinski definition) is 1. The van der Waals surface area contributed by atoms with Gasteiger partial charge in [0.2, 0.25) is 0 Å². The first-order chi connectivity index (χ1) is 11.9. The van der Waals surface area contributed by atoms with Crippen LogP contribution in [0.25, 0.3) is 0 Å². The van der Waals surface area contributed by atoms with Crippen molar-refractivity contribution in [2.75, 3.05) is 12.9 Å². The Morgan fingerprint density at radius 3 is 2.08 bits per heavy atom. The summed E-state index contributed by atoms with van der Waals surface area (Å²) in [6.45, 7) is 16.4. The lowest BCUT2D eigenvalue weighted by Gasteiger charge is -2.45. The van der Waals surface area contributed by atoms with Crippen molar-refractivity contribution in [1.29, 1.82) is 0 Å². The van der Waals surface area contributed by atoms with E-state index in [1.165, 1.54) is 27.3 Å². The maximum Gasteiger partial charge on any atom is 0.135 e. The summed E-state index contributed by atoms with van der Waals surface area (Å²) >= 11 is 2.04. The van der Waals surface area contributed by atoms with Crippen LogP contribution in [0.5, 0.6) is 0 Å². The van der Waals surface area contributed by atoms with Crippen molar-refractivity contribution in [3.63, 3.8) is 0 Å². The lowest BCUT2D eigenvalue weighted by molar-refractivity contribution is 0.293. The van der Waals surface area contributed by atoms with Crippen molar-refractivity contribution in [1.82, 2.24) is 4.48 Å². The van der Waals surface area contributed by atoms with E-state index in [4.69, 9.17) is 0 Å². The van der Waals surface area contributed by atoms with Crippen LogP contribution < -0.4 is 4.48 Å². The van der Waals surface area contributed by atoms with Gasteiger partial charge in [0.1, 0.15) is 17.6 Å². The fourth-order valence-electron chi connectivity index (χ4n) is 3.80. The van der Waals surface area contributed by atoms with Gasteiger partial charge in [0.25, 0.3) is 0 Å². The average Bonchev–Trinajstić information content (AvgIpc) is 2.56. The molecule has 0 aromatic heterocycles. The number of fused-ring (bicyclic) bond motifs is 1. The van der Waals surface area contributed by atoms with E-state index >= 15 is 0 Å². The van der Waals surface area contributed by atoms with Crippen LogP contribution in [0.4, 0.5) is 5.69 Å². The molecule has 0 spiro atoms. The van der Waals surface area contributed by atoms with E-state index in [0.29, 0.717) is 6.04 Å². The van der Waals surface area contributed by atoms with E-state index in [2.05, 4.69) is 98.0 Å². The summed E-state index contributed by atoms with van der Waals surface area (Å²) in [6.07, 6.45) is 0. The van der Waals surface area contributed by atoms with Crippen molar-refractivity contribution < 1.29 is 0 Å². The zero-order chi connectivity index (χ0) is 19.3. The van der Waals surface area contributed by atoms with Crippen LogP contribution in [0.3, 0.4) is 0 Å². The Morgan fingerprint density at radius 1 is 0.923 bits per heavy atom. The van der Waals surface area contributed by atoms with Crippen molar-refractivity contribution >= 4 is 17.4 Å². The van der Waals surface area contributed by atoms with Crippen LogP contribution in [0, 0.1) is 0 Å². The molecule has 26 heavy (non-hydrogen) atoms. The standard InChI is InChI=1S/C24H34NS/c1-17-20-14-18(23(2,3)4)15-21(24(5,6)7)22(20)26-16-25(17,8)19-12-10-9-11-13-19/h9-15,17H,16H2,1-8H3/q+1. The number of quaternary nitrogens is 1. The third-order valence-electron chi connectivity index (χ3n) is 5.92. The van der Waals surface area contributed by atoms with Gasteiger partial charge >= 0.3 is 0 Å². The summed E-state index contributed by atoms with van der Waals surface area (Å²) < 4.78 is 0.954. The zero-order valence-electron chi connectivity index (χ0n) is 17.7. The van der Waals surface area contributed by atoms with Gasteiger partial charge in [-0.05, 0) is 47.1 Å². The van der Waals surface area contributed by atoms with Gasteiger partial charge in [-0.25, -0.2) is 0 Å². The predicted octanol–water partition coefficient (Wildman–Crippen LogP) is 7.04. The van der Waals surface area contributed by atoms with Gasteiger partial charge in [-0.1, -0.05) is 77.6 Å². The second-order valence-corrected chi connectivity index (χ2v) is 11.0. The van der Waals surface area contributed by atoms with E-state index in [9.17, 15) is 0 Å². The fraction of sp³-hybridized carbons (Fsp3) is 0.500. The molecule has 140 valence electrons. The molecular weight excluding hydrogens is 334 g/mol. The van der Waals surface area contributed by atoms with Crippen molar-refractivity contribution in [3.05, 3.63) is 59.2 Å². The van der Waals surface area contributed by atoms with E-state index in [0.717, 1.165) is 10.4 Å². The Bertz CT molecular complexity index is 795. The Hall–Kier alpha value is -1.25. The smallest absolute Gasteiger partial charge is 0.135 e. The van der Waals surface area contributed by atoms with Gasteiger partial charge in [-0.15, -0.1) is 0 Å². The molecule has 2 aromatic carbocycles. The molecule has 1 nitrogen and oxygen atoms in total. The second kappa shape index (κ2) is 6.42. The number of nitrogens with zero attached hydrogens (tertiary/aromatic N) is 1. The van der Waals surface area contributed by atoms with Gasteiger partial charge in [0.05, 0.1) is 7.05 Å². The highest BCUT2D eigenvalue weighted by Crippen LogP contribution is 2.49. The van der Waals surface area contributed by atoms with Gasteiger partial charge < -0.3 is 0 Å². The highest BCUT2D eigenvalue weighted by molar-refractivity contribution is 7.99. The van der Waals surface area contributed by atoms with Gasteiger partial charge in [0.15, 0.2) is 0 Å². The molecule has 1 aliphatic rings. The quantitative estimate of drug-likeness (QED) is 0.486. The molecule has 0 radical (unpaired) electrons.